The first-order chi connectivity index (χ1) is 17.2. The molecule has 0 radical (unpaired) electrons. The molecule has 0 spiro atoms. The van der Waals surface area contributed by atoms with Crippen LogP contribution in [0.2, 0.25) is 0 Å². The third-order valence-electron chi connectivity index (χ3n) is 6.69. The molecule has 1 aliphatic heterocycles. The molecule has 2 aromatic rings. The largest absolute Gasteiger partial charge is 0.494 e. The van der Waals surface area contributed by atoms with Crippen molar-refractivity contribution in [2.24, 2.45) is 0 Å². The standard InChI is InChI=1S/C30H46N2O3/c1-3-4-5-6-7-8-9-11-21-33-28-19-17-26(18-20-28)27-23-31-29(32-24-27)15-13-14-25(2)35-30-16-10-12-22-34-30/h17-20,23-25,30H,3-16,21-22H2,1-2H3. The molecule has 1 aliphatic rings. The van der Waals surface area contributed by atoms with E-state index in [1.54, 1.807) is 0 Å². The van der Waals surface area contributed by atoms with Crippen molar-refractivity contribution in [3.05, 3.63) is 42.5 Å². The third-order valence-corrected chi connectivity index (χ3v) is 6.69. The second-order valence-electron chi connectivity index (χ2n) is 9.87. The maximum Gasteiger partial charge on any atom is 0.157 e. The first-order valence-corrected chi connectivity index (χ1v) is 14.1. The van der Waals surface area contributed by atoms with Gasteiger partial charge in [0.25, 0.3) is 0 Å². The zero-order valence-electron chi connectivity index (χ0n) is 22.1. The normalized spacial score (nSPS) is 16.8. The summed E-state index contributed by atoms with van der Waals surface area (Å²) in [5, 5.41) is 0. The second kappa shape index (κ2) is 16.6. The molecule has 5 heteroatoms. The lowest BCUT2D eigenvalue weighted by Crippen LogP contribution is -2.26. The van der Waals surface area contributed by atoms with Crippen molar-refractivity contribution in [3.8, 4) is 16.9 Å². The molecule has 3 rings (SSSR count). The van der Waals surface area contributed by atoms with Crippen molar-refractivity contribution in [2.75, 3.05) is 13.2 Å². The fourth-order valence-corrected chi connectivity index (χ4v) is 4.50. The van der Waals surface area contributed by atoms with E-state index in [-0.39, 0.29) is 12.4 Å². The molecule has 0 saturated carbocycles. The van der Waals surface area contributed by atoms with Crippen molar-refractivity contribution < 1.29 is 14.2 Å². The highest BCUT2D eigenvalue weighted by atomic mass is 16.7. The van der Waals surface area contributed by atoms with Crippen molar-refractivity contribution in [1.82, 2.24) is 9.97 Å². The Morgan fingerprint density at radius 2 is 1.60 bits per heavy atom. The molecule has 2 unspecified atom stereocenters. The minimum atomic E-state index is -0.0174. The van der Waals surface area contributed by atoms with E-state index >= 15 is 0 Å². The van der Waals surface area contributed by atoms with Crippen molar-refractivity contribution >= 4 is 0 Å². The van der Waals surface area contributed by atoms with Crippen LogP contribution in [-0.2, 0) is 15.9 Å². The van der Waals surface area contributed by atoms with Gasteiger partial charge in [-0.25, -0.2) is 9.97 Å². The summed E-state index contributed by atoms with van der Waals surface area (Å²) in [5.74, 6) is 1.82. The number of rotatable bonds is 17. The predicted molar refractivity (Wildman–Crippen MR) is 143 cm³/mol. The Labute approximate surface area is 213 Å². The van der Waals surface area contributed by atoms with Gasteiger partial charge in [-0.3, -0.25) is 0 Å². The molecule has 1 aromatic carbocycles. The van der Waals surface area contributed by atoms with Gasteiger partial charge in [0.05, 0.1) is 12.7 Å². The lowest BCUT2D eigenvalue weighted by atomic mass is 10.1. The highest BCUT2D eigenvalue weighted by Gasteiger charge is 2.17. The number of unbranched alkanes of at least 4 members (excludes halogenated alkanes) is 7. The van der Waals surface area contributed by atoms with E-state index in [2.05, 4.69) is 35.9 Å². The van der Waals surface area contributed by atoms with Gasteiger partial charge in [-0.05, 0) is 63.1 Å². The number of aromatic nitrogens is 2. The third kappa shape index (κ3) is 11.1. The minimum Gasteiger partial charge on any atom is -0.494 e. The molecule has 0 amide bonds. The second-order valence-corrected chi connectivity index (χ2v) is 9.87. The van der Waals surface area contributed by atoms with Crippen LogP contribution in [0.25, 0.3) is 11.1 Å². The van der Waals surface area contributed by atoms with Gasteiger partial charge in [-0.2, -0.15) is 0 Å². The van der Waals surface area contributed by atoms with Crippen LogP contribution in [0.1, 0.15) is 103 Å². The smallest absolute Gasteiger partial charge is 0.157 e. The van der Waals surface area contributed by atoms with Crippen molar-refractivity contribution in [2.45, 2.75) is 116 Å². The molecule has 1 aromatic heterocycles. The number of aryl methyl sites for hydroxylation is 1. The summed E-state index contributed by atoms with van der Waals surface area (Å²) in [7, 11) is 0. The molecule has 5 nitrogen and oxygen atoms in total. The van der Waals surface area contributed by atoms with Gasteiger partial charge >= 0.3 is 0 Å². The quantitative estimate of drug-likeness (QED) is 0.214. The van der Waals surface area contributed by atoms with E-state index in [0.29, 0.717) is 0 Å². The highest BCUT2D eigenvalue weighted by Crippen LogP contribution is 2.22. The van der Waals surface area contributed by atoms with Gasteiger partial charge in [0.15, 0.2) is 6.29 Å². The molecule has 2 atom stereocenters. The van der Waals surface area contributed by atoms with Crippen LogP contribution in [0.5, 0.6) is 5.75 Å². The first-order valence-electron chi connectivity index (χ1n) is 14.1. The molecule has 0 aliphatic carbocycles. The number of hydrogen-bond acceptors (Lipinski definition) is 5. The highest BCUT2D eigenvalue weighted by molar-refractivity contribution is 5.62. The molecular weight excluding hydrogens is 436 g/mol. The first kappa shape index (κ1) is 27.6. The number of ether oxygens (including phenoxy) is 3. The zero-order chi connectivity index (χ0) is 24.6. The van der Waals surface area contributed by atoms with Crippen LogP contribution in [0, 0.1) is 0 Å². The number of benzene rings is 1. The van der Waals surface area contributed by atoms with Crippen LogP contribution in [0.4, 0.5) is 0 Å². The number of hydrogen-bond donors (Lipinski definition) is 0. The SMILES string of the molecule is CCCCCCCCCCOc1ccc(-c2cnc(CCCC(C)OC3CCCCO3)nc2)cc1. The monoisotopic (exact) mass is 482 g/mol. The fraction of sp³-hybridized carbons (Fsp3) is 0.667. The van der Waals surface area contributed by atoms with Crippen LogP contribution in [0.15, 0.2) is 36.7 Å². The fourth-order valence-electron chi connectivity index (χ4n) is 4.50. The topological polar surface area (TPSA) is 53.5 Å². The molecule has 35 heavy (non-hydrogen) atoms. The predicted octanol–water partition coefficient (Wildman–Crippen LogP) is 7.92. The molecule has 1 fully saturated rings. The molecule has 0 bridgehead atoms. The van der Waals surface area contributed by atoms with E-state index in [4.69, 9.17) is 14.2 Å². The van der Waals surface area contributed by atoms with Gasteiger partial charge in [0.2, 0.25) is 0 Å². The molecular formula is C30H46N2O3. The summed E-state index contributed by atoms with van der Waals surface area (Å²) >= 11 is 0. The maximum absolute atomic E-state index is 6.00. The zero-order valence-corrected chi connectivity index (χ0v) is 22.1. The average molecular weight is 483 g/mol. The Hall–Kier alpha value is -1.98. The van der Waals surface area contributed by atoms with Crippen LogP contribution in [-0.4, -0.2) is 35.6 Å². The Morgan fingerprint density at radius 1 is 0.886 bits per heavy atom. The van der Waals surface area contributed by atoms with Crippen LogP contribution < -0.4 is 4.74 Å². The van der Waals surface area contributed by atoms with E-state index in [9.17, 15) is 0 Å². The van der Waals surface area contributed by atoms with Gasteiger partial charge in [-0.15, -0.1) is 0 Å². The van der Waals surface area contributed by atoms with E-state index in [1.807, 2.05) is 24.5 Å². The summed E-state index contributed by atoms with van der Waals surface area (Å²) in [6, 6.07) is 8.28. The van der Waals surface area contributed by atoms with Crippen LogP contribution in [0.3, 0.4) is 0 Å². The van der Waals surface area contributed by atoms with Crippen molar-refractivity contribution in [3.63, 3.8) is 0 Å². The summed E-state index contributed by atoms with van der Waals surface area (Å²) in [4.78, 5) is 9.17. The Morgan fingerprint density at radius 3 is 2.29 bits per heavy atom. The van der Waals surface area contributed by atoms with Crippen molar-refractivity contribution in [1.29, 1.82) is 0 Å². The lowest BCUT2D eigenvalue weighted by molar-refractivity contribution is -0.185. The van der Waals surface area contributed by atoms with E-state index in [0.717, 1.165) is 74.4 Å². The molecule has 1 saturated heterocycles. The molecule has 2 heterocycles. The lowest BCUT2D eigenvalue weighted by Gasteiger charge is -2.26. The van der Waals surface area contributed by atoms with Gasteiger partial charge in [0, 0.05) is 31.0 Å². The van der Waals surface area contributed by atoms with Gasteiger partial charge in [0.1, 0.15) is 11.6 Å². The van der Waals surface area contributed by atoms with E-state index in [1.165, 1.54) is 51.4 Å². The molecule has 0 N–H and O–H groups in total. The average Bonchev–Trinajstić information content (AvgIpc) is 2.89. The Bertz CT molecular complexity index is 788. The summed E-state index contributed by atoms with van der Waals surface area (Å²) < 4.78 is 17.6. The van der Waals surface area contributed by atoms with E-state index < -0.39 is 0 Å². The van der Waals surface area contributed by atoms with Gasteiger partial charge in [-0.1, -0.05) is 64.0 Å². The summed E-state index contributed by atoms with van der Waals surface area (Å²) in [5.41, 5.74) is 2.15. The summed E-state index contributed by atoms with van der Waals surface area (Å²) in [6.45, 7) is 6.02. The Kier molecular flexibility index (Phi) is 13.1. The molecule has 194 valence electrons. The van der Waals surface area contributed by atoms with Crippen LogP contribution >= 0.6 is 0 Å². The van der Waals surface area contributed by atoms with Gasteiger partial charge < -0.3 is 14.2 Å². The number of nitrogens with zero attached hydrogens (tertiary/aromatic N) is 2. The minimum absolute atomic E-state index is 0.0174. The summed E-state index contributed by atoms with van der Waals surface area (Å²) in [6.07, 6.45) is 20.8. The Balaban J connectivity index is 1.30. The maximum atomic E-state index is 6.00.